The van der Waals surface area contributed by atoms with Gasteiger partial charge >= 0.3 is 5.97 Å². The number of ether oxygens (including phenoxy) is 1. The third kappa shape index (κ3) is 3.78. The molecule has 2 aliphatic rings. The van der Waals surface area contributed by atoms with Crippen LogP contribution in [0.25, 0.3) is 10.8 Å². The van der Waals surface area contributed by atoms with E-state index in [2.05, 4.69) is 20.8 Å². The van der Waals surface area contributed by atoms with Gasteiger partial charge in [0.2, 0.25) is 0 Å². The average molecular weight is 380 g/mol. The Labute approximate surface area is 166 Å². The van der Waals surface area contributed by atoms with Crippen LogP contribution in [0.4, 0.5) is 0 Å². The Hall–Kier alpha value is -2.36. The zero-order chi connectivity index (χ0) is 19.9. The van der Waals surface area contributed by atoms with E-state index in [-0.39, 0.29) is 41.8 Å². The highest BCUT2D eigenvalue weighted by atomic mass is 16.5. The lowest BCUT2D eigenvalue weighted by Crippen LogP contribution is -2.40. The number of esters is 1. The predicted octanol–water partition coefficient (Wildman–Crippen LogP) is 4.35. The lowest BCUT2D eigenvalue weighted by atomic mass is 9.65. The third-order valence-corrected chi connectivity index (χ3v) is 6.31. The number of benzene rings is 2. The third-order valence-electron chi connectivity index (χ3n) is 6.31. The first-order chi connectivity index (χ1) is 13.2. The van der Waals surface area contributed by atoms with Gasteiger partial charge in [-0.1, -0.05) is 63.2 Å². The van der Waals surface area contributed by atoms with E-state index in [1.54, 1.807) is 0 Å². The van der Waals surface area contributed by atoms with Crippen LogP contribution >= 0.6 is 0 Å². The number of hydrogen-bond acceptors (Lipinski definition) is 3. The molecule has 2 bridgehead atoms. The minimum atomic E-state index is -0.349. The fraction of sp³-hybridized carbons (Fsp3) is 0.500. The SMILES string of the molecule is CC1(C)C[C@H]2C[C@](C)(CN2C(=O)COC(=O)Cc2cccc3ccccc23)C1. The molecule has 4 rings (SSSR count). The summed E-state index contributed by atoms with van der Waals surface area (Å²) in [5, 5.41) is 2.15. The van der Waals surface area contributed by atoms with Gasteiger partial charge in [0.15, 0.2) is 6.61 Å². The van der Waals surface area contributed by atoms with E-state index in [1.807, 2.05) is 47.4 Å². The molecule has 4 heteroatoms. The second-order valence-electron chi connectivity index (χ2n) is 9.71. The molecule has 0 radical (unpaired) electrons. The van der Waals surface area contributed by atoms with E-state index in [0.717, 1.165) is 42.1 Å². The van der Waals surface area contributed by atoms with Crippen molar-refractivity contribution in [1.82, 2.24) is 4.90 Å². The highest BCUT2D eigenvalue weighted by molar-refractivity contribution is 5.89. The standard InChI is InChI=1S/C24H29NO3/c1-23(2)12-19-13-24(3,15-23)16-25(19)21(26)14-28-22(27)11-18-9-6-8-17-7-4-5-10-20(17)18/h4-10,19H,11-16H2,1-3H3/t19-,24-/m0/s1. The van der Waals surface area contributed by atoms with Gasteiger partial charge in [0, 0.05) is 12.6 Å². The number of carbonyl (C=O) groups excluding carboxylic acids is 2. The Morgan fingerprint density at radius 2 is 1.82 bits per heavy atom. The van der Waals surface area contributed by atoms with Gasteiger partial charge < -0.3 is 9.64 Å². The van der Waals surface area contributed by atoms with Crippen LogP contribution in [-0.4, -0.2) is 36.0 Å². The molecule has 1 saturated carbocycles. The number of amides is 1. The maximum atomic E-state index is 12.8. The largest absolute Gasteiger partial charge is 0.455 e. The topological polar surface area (TPSA) is 46.6 Å². The molecule has 0 N–H and O–H groups in total. The molecule has 28 heavy (non-hydrogen) atoms. The Bertz CT molecular complexity index is 914. The molecule has 2 aromatic rings. The monoisotopic (exact) mass is 379 g/mol. The summed E-state index contributed by atoms with van der Waals surface area (Å²) in [5.41, 5.74) is 1.38. The van der Waals surface area contributed by atoms with Crippen molar-refractivity contribution in [2.24, 2.45) is 10.8 Å². The van der Waals surface area contributed by atoms with Crippen LogP contribution in [0, 0.1) is 10.8 Å². The van der Waals surface area contributed by atoms with Gasteiger partial charge in [-0.25, -0.2) is 0 Å². The number of rotatable bonds is 4. The van der Waals surface area contributed by atoms with Gasteiger partial charge in [0.1, 0.15) is 0 Å². The maximum absolute atomic E-state index is 12.8. The molecule has 1 aliphatic carbocycles. The van der Waals surface area contributed by atoms with Crippen molar-refractivity contribution in [2.45, 2.75) is 52.5 Å². The van der Waals surface area contributed by atoms with Crippen molar-refractivity contribution in [3.05, 3.63) is 48.0 Å². The fourth-order valence-electron chi connectivity index (χ4n) is 5.63. The predicted molar refractivity (Wildman–Crippen MR) is 110 cm³/mol. The van der Waals surface area contributed by atoms with E-state index in [4.69, 9.17) is 4.74 Å². The van der Waals surface area contributed by atoms with Crippen LogP contribution < -0.4 is 0 Å². The minimum Gasteiger partial charge on any atom is -0.455 e. The Morgan fingerprint density at radius 3 is 2.64 bits per heavy atom. The van der Waals surface area contributed by atoms with Gasteiger partial charge in [-0.05, 0) is 46.4 Å². The van der Waals surface area contributed by atoms with Crippen LogP contribution in [0.15, 0.2) is 42.5 Å². The van der Waals surface area contributed by atoms with Crippen LogP contribution in [0.3, 0.4) is 0 Å². The molecule has 4 nitrogen and oxygen atoms in total. The van der Waals surface area contributed by atoms with Crippen molar-refractivity contribution < 1.29 is 14.3 Å². The van der Waals surface area contributed by atoms with Gasteiger partial charge in [-0.15, -0.1) is 0 Å². The van der Waals surface area contributed by atoms with Gasteiger partial charge in [0.05, 0.1) is 6.42 Å². The smallest absolute Gasteiger partial charge is 0.310 e. The van der Waals surface area contributed by atoms with E-state index in [0.29, 0.717) is 0 Å². The van der Waals surface area contributed by atoms with E-state index in [9.17, 15) is 9.59 Å². The van der Waals surface area contributed by atoms with Crippen molar-refractivity contribution >= 4 is 22.6 Å². The number of fused-ring (bicyclic) bond motifs is 3. The highest BCUT2D eigenvalue weighted by Gasteiger charge is 2.50. The number of hydrogen-bond donors (Lipinski definition) is 0. The molecular weight excluding hydrogens is 350 g/mol. The first-order valence-electron chi connectivity index (χ1n) is 10.2. The molecule has 2 fully saturated rings. The molecule has 148 valence electrons. The summed E-state index contributed by atoms with van der Waals surface area (Å²) in [6, 6.07) is 14.2. The van der Waals surface area contributed by atoms with E-state index < -0.39 is 0 Å². The molecule has 1 heterocycles. The lowest BCUT2D eigenvalue weighted by molar-refractivity contribution is -0.152. The zero-order valence-electron chi connectivity index (χ0n) is 17.0. The van der Waals surface area contributed by atoms with Crippen LogP contribution in [0.2, 0.25) is 0 Å². The normalized spacial score (nSPS) is 25.7. The molecule has 0 aromatic heterocycles. The summed E-state index contributed by atoms with van der Waals surface area (Å²) in [6.45, 7) is 7.48. The summed E-state index contributed by atoms with van der Waals surface area (Å²) in [7, 11) is 0. The van der Waals surface area contributed by atoms with Gasteiger partial charge in [-0.3, -0.25) is 9.59 Å². The first kappa shape index (κ1) is 19.0. The van der Waals surface area contributed by atoms with Crippen LogP contribution in [0.5, 0.6) is 0 Å². The summed E-state index contributed by atoms with van der Waals surface area (Å²) in [5.74, 6) is -0.406. The Kier molecular flexibility index (Phi) is 4.68. The number of carbonyl (C=O) groups is 2. The van der Waals surface area contributed by atoms with E-state index >= 15 is 0 Å². The second-order valence-corrected chi connectivity index (χ2v) is 9.71. The van der Waals surface area contributed by atoms with Crippen molar-refractivity contribution in [1.29, 1.82) is 0 Å². The molecule has 2 aromatic carbocycles. The number of nitrogens with zero attached hydrogens (tertiary/aromatic N) is 1. The molecule has 1 aliphatic heterocycles. The van der Waals surface area contributed by atoms with Crippen LogP contribution in [-0.2, 0) is 20.7 Å². The quantitative estimate of drug-likeness (QED) is 0.742. The number of likely N-dealkylation sites (tertiary alicyclic amines) is 1. The lowest BCUT2D eigenvalue weighted by Gasteiger charge is -2.39. The highest BCUT2D eigenvalue weighted by Crippen LogP contribution is 2.52. The van der Waals surface area contributed by atoms with Gasteiger partial charge in [-0.2, -0.15) is 0 Å². The summed E-state index contributed by atoms with van der Waals surface area (Å²) in [4.78, 5) is 27.1. The Morgan fingerprint density at radius 1 is 1.07 bits per heavy atom. The maximum Gasteiger partial charge on any atom is 0.310 e. The fourth-order valence-corrected chi connectivity index (χ4v) is 5.63. The molecule has 1 amide bonds. The Balaban J connectivity index is 1.37. The summed E-state index contributed by atoms with van der Waals surface area (Å²) in [6.07, 6.45) is 3.41. The second kappa shape index (κ2) is 6.91. The molecule has 0 unspecified atom stereocenters. The van der Waals surface area contributed by atoms with Crippen molar-refractivity contribution in [3.63, 3.8) is 0 Å². The van der Waals surface area contributed by atoms with E-state index in [1.165, 1.54) is 0 Å². The molecular formula is C24H29NO3. The summed E-state index contributed by atoms with van der Waals surface area (Å²) < 4.78 is 5.37. The van der Waals surface area contributed by atoms with Gasteiger partial charge in [0.25, 0.3) is 5.91 Å². The zero-order valence-corrected chi connectivity index (χ0v) is 17.0. The minimum absolute atomic E-state index is 0.0577. The van der Waals surface area contributed by atoms with Crippen LogP contribution in [0.1, 0.15) is 45.6 Å². The molecule has 0 spiro atoms. The average Bonchev–Trinajstić information content (AvgIpc) is 2.89. The van der Waals surface area contributed by atoms with Crippen molar-refractivity contribution in [2.75, 3.05) is 13.2 Å². The first-order valence-corrected chi connectivity index (χ1v) is 10.2. The van der Waals surface area contributed by atoms with Crippen molar-refractivity contribution in [3.8, 4) is 0 Å². The molecule has 1 saturated heterocycles. The summed E-state index contributed by atoms with van der Waals surface area (Å²) >= 11 is 0. The molecule has 2 atom stereocenters.